The molecular weight excluding hydrogens is 358 g/mol. The van der Waals surface area contributed by atoms with Gasteiger partial charge in [-0.2, -0.15) is 0 Å². The number of nitrogens with one attached hydrogen (secondary N) is 2. The highest BCUT2D eigenvalue weighted by Crippen LogP contribution is 2.29. The fourth-order valence-electron chi connectivity index (χ4n) is 2.55. The van der Waals surface area contributed by atoms with Crippen molar-refractivity contribution in [2.45, 2.75) is 12.5 Å². The van der Waals surface area contributed by atoms with Gasteiger partial charge in [0.05, 0.1) is 24.3 Å². The number of amides is 1. The second kappa shape index (κ2) is 10.8. The van der Waals surface area contributed by atoms with Crippen LogP contribution in [-0.4, -0.2) is 45.9 Å². The number of hydrogen-bond donors (Lipinski definition) is 2. The predicted molar refractivity (Wildman–Crippen MR) is 93.2 cm³/mol. The summed E-state index contributed by atoms with van der Waals surface area (Å²) in [4.78, 5) is 11.7. The minimum Gasteiger partial charge on any atom is -0.384 e. The van der Waals surface area contributed by atoms with E-state index in [1.165, 1.54) is 12.1 Å². The van der Waals surface area contributed by atoms with Gasteiger partial charge < -0.3 is 20.1 Å². The lowest BCUT2D eigenvalue weighted by atomic mass is 9.95. The number of benzene rings is 1. The van der Waals surface area contributed by atoms with E-state index in [0.717, 1.165) is 12.1 Å². The Morgan fingerprint density at radius 3 is 3.04 bits per heavy atom. The molecule has 2 rings (SSSR count). The monoisotopic (exact) mass is 380 g/mol. The molecular formula is C16H23Cl2FN2O3. The molecule has 1 fully saturated rings. The third-order valence-electron chi connectivity index (χ3n) is 3.78. The van der Waals surface area contributed by atoms with E-state index in [-0.39, 0.29) is 35.4 Å². The molecule has 136 valence electrons. The Morgan fingerprint density at radius 2 is 2.33 bits per heavy atom. The van der Waals surface area contributed by atoms with Crippen LogP contribution in [0.5, 0.6) is 0 Å². The van der Waals surface area contributed by atoms with Crippen LogP contribution in [0.1, 0.15) is 18.1 Å². The van der Waals surface area contributed by atoms with Crippen LogP contribution in [0.4, 0.5) is 4.39 Å². The van der Waals surface area contributed by atoms with Crippen molar-refractivity contribution in [1.29, 1.82) is 0 Å². The van der Waals surface area contributed by atoms with Gasteiger partial charge in [-0.3, -0.25) is 4.79 Å². The Bertz CT molecular complexity index is 534. The lowest BCUT2D eigenvalue weighted by Crippen LogP contribution is -2.36. The van der Waals surface area contributed by atoms with Crippen LogP contribution in [0.25, 0.3) is 0 Å². The lowest BCUT2D eigenvalue weighted by Gasteiger charge is -2.25. The molecule has 24 heavy (non-hydrogen) atoms. The standard InChI is InChI=1S/C16H22ClFN2O3.ClH/c1-22-6-4-15(21)20-10-12-9-19-5-7-23-16(12)11-2-3-13(17)14(18)8-11;/h2-3,8,12,16,19H,4-7,9-10H2,1H3,(H,20,21);1H/t12-,16-;/m0./s1. The van der Waals surface area contributed by atoms with Gasteiger partial charge in [-0.25, -0.2) is 4.39 Å². The van der Waals surface area contributed by atoms with Crippen molar-refractivity contribution in [3.63, 3.8) is 0 Å². The molecule has 8 heteroatoms. The Kier molecular flexibility index (Phi) is 9.54. The normalized spacial score (nSPS) is 20.8. The zero-order valence-electron chi connectivity index (χ0n) is 13.5. The Labute approximate surface area is 152 Å². The van der Waals surface area contributed by atoms with Gasteiger partial charge in [0.2, 0.25) is 5.91 Å². The number of carbonyl (C=O) groups excluding carboxylic acids is 1. The molecule has 1 heterocycles. The maximum absolute atomic E-state index is 13.7. The van der Waals surface area contributed by atoms with Gasteiger partial charge in [-0.05, 0) is 17.7 Å². The number of carbonyl (C=O) groups is 1. The van der Waals surface area contributed by atoms with Crippen molar-refractivity contribution in [3.05, 3.63) is 34.6 Å². The van der Waals surface area contributed by atoms with Crippen molar-refractivity contribution in [1.82, 2.24) is 10.6 Å². The van der Waals surface area contributed by atoms with Crippen LogP contribution in [-0.2, 0) is 14.3 Å². The number of hydrogen-bond acceptors (Lipinski definition) is 4. The van der Waals surface area contributed by atoms with Gasteiger partial charge in [0.15, 0.2) is 0 Å². The third kappa shape index (κ3) is 6.18. The van der Waals surface area contributed by atoms with E-state index in [0.29, 0.717) is 32.7 Å². The quantitative estimate of drug-likeness (QED) is 0.794. The molecule has 5 nitrogen and oxygen atoms in total. The molecule has 1 aromatic rings. The first kappa shape index (κ1) is 21.1. The van der Waals surface area contributed by atoms with E-state index in [4.69, 9.17) is 21.1 Å². The molecule has 1 aliphatic rings. The molecule has 0 unspecified atom stereocenters. The van der Waals surface area contributed by atoms with E-state index < -0.39 is 5.82 Å². The highest BCUT2D eigenvalue weighted by molar-refractivity contribution is 6.30. The number of ether oxygens (including phenoxy) is 2. The molecule has 0 saturated carbocycles. The van der Waals surface area contributed by atoms with Gasteiger partial charge in [-0.15, -0.1) is 12.4 Å². The average molecular weight is 381 g/mol. The summed E-state index contributed by atoms with van der Waals surface area (Å²) in [6.45, 7) is 2.77. The van der Waals surface area contributed by atoms with Crippen LogP contribution in [0.15, 0.2) is 18.2 Å². The van der Waals surface area contributed by atoms with Crippen LogP contribution in [0, 0.1) is 11.7 Å². The molecule has 2 N–H and O–H groups in total. The van der Waals surface area contributed by atoms with E-state index in [2.05, 4.69) is 10.6 Å². The molecule has 1 amide bonds. The zero-order valence-corrected chi connectivity index (χ0v) is 15.1. The van der Waals surface area contributed by atoms with Crippen LogP contribution >= 0.6 is 24.0 Å². The Hall–Kier alpha value is -0.920. The van der Waals surface area contributed by atoms with Crippen molar-refractivity contribution in [3.8, 4) is 0 Å². The summed E-state index contributed by atoms with van der Waals surface area (Å²) in [7, 11) is 1.56. The number of rotatable bonds is 6. The van der Waals surface area contributed by atoms with Crippen molar-refractivity contribution < 1.29 is 18.7 Å². The molecule has 1 aromatic carbocycles. The van der Waals surface area contributed by atoms with E-state index >= 15 is 0 Å². The largest absolute Gasteiger partial charge is 0.384 e. The number of halogens is 3. The van der Waals surface area contributed by atoms with Gasteiger partial charge in [0, 0.05) is 39.1 Å². The summed E-state index contributed by atoms with van der Waals surface area (Å²) < 4.78 is 24.5. The van der Waals surface area contributed by atoms with Crippen molar-refractivity contribution in [2.75, 3.05) is 40.0 Å². The topological polar surface area (TPSA) is 59.6 Å². The lowest BCUT2D eigenvalue weighted by molar-refractivity contribution is -0.122. The second-order valence-electron chi connectivity index (χ2n) is 5.48. The van der Waals surface area contributed by atoms with E-state index in [9.17, 15) is 9.18 Å². The smallest absolute Gasteiger partial charge is 0.222 e. The second-order valence-corrected chi connectivity index (χ2v) is 5.88. The molecule has 1 saturated heterocycles. The summed E-state index contributed by atoms with van der Waals surface area (Å²) in [5.74, 6) is -0.533. The summed E-state index contributed by atoms with van der Waals surface area (Å²) in [6, 6.07) is 4.70. The van der Waals surface area contributed by atoms with Gasteiger partial charge in [0.25, 0.3) is 0 Å². The minimum atomic E-state index is -0.465. The SMILES string of the molecule is COCCC(=O)NC[C@@H]1CNCCO[C@H]1c1ccc(Cl)c(F)c1.Cl. The zero-order chi connectivity index (χ0) is 16.7. The van der Waals surface area contributed by atoms with E-state index in [1.54, 1.807) is 13.2 Å². The minimum absolute atomic E-state index is 0. The number of methoxy groups -OCH3 is 1. The summed E-state index contributed by atoms with van der Waals surface area (Å²) in [5, 5.41) is 6.24. The molecule has 0 bridgehead atoms. The van der Waals surface area contributed by atoms with Crippen molar-refractivity contribution in [2.24, 2.45) is 5.92 Å². The Balaban J connectivity index is 0.00000288. The molecule has 2 atom stereocenters. The molecule has 0 aromatic heterocycles. The molecule has 0 spiro atoms. The van der Waals surface area contributed by atoms with Crippen LogP contribution < -0.4 is 10.6 Å². The summed E-state index contributed by atoms with van der Waals surface area (Å²) >= 11 is 5.74. The molecule has 0 aliphatic carbocycles. The first-order valence-electron chi connectivity index (χ1n) is 7.64. The first-order chi connectivity index (χ1) is 11.1. The fourth-order valence-corrected chi connectivity index (χ4v) is 2.67. The average Bonchev–Trinajstić information content (AvgIpc) is 2.79. The third-order valence-corrected chi connectivity index (χ3v) is 4.08. The van der Waals surface area contributed by atoms with Crippen LogP contribution in [0.3, 0.4) is 0 Å². The summed E-state index contributed by atoms with van der Waals surface area (Å²) in [5.41, 5.74) is 0.728. The fraction of sp³-hybridized carbons (Fsp3) is 0.562. The van der Waals surface area contributed by atoms with Crippen molar-refractivity contribution >= 4 is 29.9 Å². The molecule has 0 radical (unpaired) electrons. The van der Waals surface area contributed by atoms with Gasteiger partial charge >= 0.3 is 0 Å². The van der Waals surface area contributed by atoms with Gasteiger partial charge in [0.1, 0.15) is 5.82 Å². The highest BCUT2D eigenvalue weighted by atomic mass is 35.5. The maximum atomic E-state index is 13.7. The Morgan fingerprint density at radius 1 is 1.54 bits per heavy atom. The predicted octanol–water partition coefficient (Wildman–Crippen LogP) is 2.33. The maximum Gasteiger partial charge on any atom is 0.222 e. The van der Waals surface area contributed by atoms with Crippen LogP contribution in [0.2, 0.25) is 5.02 Å². The van der Waals surface area contributed by atoms with Gasteiger partial charge in [-0.1, -0.05) is 17.7 Å². The first-order valence-corrected chi connectivity index (χ1v) is 8.02. The van der Waals surface area contributed by atoms with E-state index in [1.807, 2.05) is 0 Å². The highest BCUT2D eigenvalue weighted by Gasteiger charge is 2.27. The summed E-state index contributed by atoms with van der Waals surface area (Å²) in [6.07, 6.45) is 0.0251. The molecule has 1 aliphatic heterocycles.